The lowest BCUT2D eigenvalue weighted by Gasteiger charge is -2.14. The molecule has 0 heterocycles. The molecule has 0 spiro atoms. The van der Waals surface area contributed by atoms with Gasteiger partial charge in [0.05, 0.1) is 13.2 Å². The number of hydrogen-bond donors (Lipinski definition) is 1. The SMILES string of the molecule is CCCCCCCCCCCCCCOP(=O)(OO)OCCCCCCCCCCCCCC. The summed E-state index contributed by atoms with van der Waals surface area (Å²) in [4.78, 5) is 0. The second-order valence-corrected chi connectivity index (χ2v) is 11.5. The van der Waals surface area contributed by atoms with Gasteiger partial charge in [0.1, 0.15) is 0 Å². The van der Waals surface area contributed by atoms with E-state index in [-0.39, 0.29) is 0 Å². The Kier molecular flexibility index (Phi) is 27.7. The molecule has 0 atom stereocenters. The van der Waals surface area contributed by atoms with Crippen LogP contribution in [-0.4, -0.2) is 18.5 Å². The summed E-state index contributed by atoms with van der Waals surface area (Å²) in [6.07, 6.45) is 30.2. The van der Waals surface area contributed by atoms with Gasteiger partial charge in [-0.15, -0.1) is 4.67 Å². The third-order valence-corrected chi connectivity index (χ3v) is 7.79. The van der Waals surface area contributed by atoms with E-state index >= 15 is 0 Å². The third kappa shape index (κ3) is 25.2. The van der Waals surface area contributed by atoms with Crippen molar-refractivity contribution >= 4 is 7.82 Å². The van der Waals surface area contributed by atoms with E-state index in [1.54, 1.807) is 0 Å². The van der Waals surface area contributed by atoms with Gasteiger partial charge in [0.15, 0.2) is 0 Å². The van der Waals surface area contributed by atoms with Crippen LogP contribution in [0.4, 0.5) is 0 Å². The van der Waals surface area contributed by atoms with Crippen LogP contribution >= 0.6 is 7.82 Å². The van der Waals surface area contributed by atoms with Gasteiger partial charge in [-0.3, -0.25) is 9.05 Å². The summed E-state index contributed by atoms with van der Waals surface area (Å²) in [5, 5.41) is 8.95. The van der Waals surface area contributed by atoms with Crippen LogP contribution in [0.3, 0.4) is 0 Å². The number of hydrogen-bond acceptors (Lipinski definition) is 5. The van der Waals surface area contributed by atoms with E-state index in [1.165, 1.54) is 128 Å². The molecule has 0 aliphatic rings. The monoisotopic (exact) mass is 506 g/mol. The highest BCUT2D eigenvalue weighted by Gasteiger charge is 2.26. The van der Waals surface area contributed by atoms with Gasteiger partial charge in [0.2, 0.25) is 0 Å². The summed E-state index contributed by atoms with van der Waals surface area (Å²) >= 11 is 0. The van der Waals surface area contributed by atoms with E-state index in [2.05, 4.69) is 18.5 Å². The van der Waals surface area contributed by atoms with Crippen molar-refractivity contribution in [3.05, 3.63) is 0 Å². The number of unbranched alkanes of at least 4 members (excludes halogenated alkanes) is 22. The van der Waals surface area contributed by atoms with E-state index in [9.17, 15) is 4.57 Å². The minimum atomic E-state index is -3.81. The first-order valence-corrected chi connectivity index (χ1v) is 16.4. The predicted octanol–water partition coefficient (Wildman–Crippen LogP) is 11.0. The third-order valence-electron chi connectivity index (χ3n) is 6.59. The molecule has 0 aliphatic heterocycles. The molecule has 0 aromatic rings. The Morgan fingerprint density at radius 3 is 0.912 bits per heavy atom. The summed E-state index contributed by atoms with van der Waals surface area (Å²) < 4.78 is 26.8. The molecule has 0 amide bonds. The first-order chi connectivity index (χ1) is 16.7. The predicted molar refractivity (Wildman–Crippen MR) is 145 cm³/mol. The van der Waals surface area contributed by atoms with Crippen molar-refractivity contribution in [3.63, 3.8) is 0 Å². The zero-order valence-corrected chi connectivity index (χ0v) is 23.8. The van der Waals surface area contributed by atoms with Crippen LogP contribution in [0.2, 0.25) is 0 Å². The van der Waals surface area contributed by atoms with Crippen molar-refractivity contribution in [1.29, 1.82) is 0 Å². The summed E-state index contributed by atoms with van der Waals surface area (Å²) in [5.74, 6) is 0. The lowest BCUT2D eigenvalue weighted by molar-refractivity contribution is -0.166. The highest BCUT2D eigenvalue weighted by molar-refractivity contribution is 7.48. The Balaban J connectivity index is 3.43. The summed E-state index contributed by atoms with van der Waals surface area (Å²) in [5.41, 5.74) is 0. The number of phosphoric ester groups is 1. The molecular weight excluding hydrogens is 447 g/mol. The second kappa shape index (κ2) is 27.7. The maximum absolute atomic E-state index is 12.3. The Hall–Kier alpha value is 0.0700. The van der Waals surface area contributed by atoms with Crippen LogP contribution < -0.4 is 0 Å². The van der Waals surface area contributed by atoms with Crippen LogP contribution in [0.1, 0.15) is 168 Å². The van der Waals surface area contributed by atoms with Crippen LogP contribution in [-0.2, 0) is 18.3 Å². The highest BCUT2D eigenvalue weighted by Crippen LogP contribution is 2.48. The summed E-state index contributed by atoms with van der Waals surface area (Å²) in [6.45, 7) is 5.11. The molecule has 34 heavy (non-hydrogen) atoms. The number of rotatable bonds is 29. The molecule has 0 aromatic carbocycles. The highest BCUT2D eigenvalue weighted by atomic mass is 31.2. The smallest absolute Gasteiger partial charge is 0.285 e. The van der Waals surface area contributed by atoms with Crippen LogP contribution in [0, 0.1) is 0 Å². The minimum Gasteiger partial charge on any atom is -0.285 e. The molecule has 5 nitrogen and oxygen atoms in total. The zero-order valence-electron chi connectivity index (χ0n) is 22.9. The van der Waals surface area contributed by atoms with Crippen molar-refractivity contribution in [2.45, 2.75) is 168 Å². The molecule has 0 aliphatic carbocycles. The fourth-order valence-corrected chi connectivity index (χ4v) is 5.20. The molecular formula is C28H59O5P. The van der Waals surface area contributed by atoms with Crippen LogP contribution in [0.15, 0.2) is 0 Å². The van der Waals surface area contributed by atoms with Crippen molar-refractivity contribution in [1.82, 2.24) is 0 Å². The molecule has 0 fully saturated rings. The lowest BCUT2D eigenvalue weighted by atomic mass is 10.1. The fraction of sp³-hybridized carbons (Fsp3) is 1.00. The van der Waals surface area contributed by atoms with Crippen LogP contribution in [0.5, 0.6) is 0 Å². The van der Waals surface area contributed by atoms with E-state index in [1.807, 2.05) is 0 Å². The first kappa shape index (κ1) is 34.1. The molecule has 0 rings (SSSR count). The molecule has 0 saturated heterocycles. The van der Waals surface area contributed by atoms with Gasteiger partial charge in [0, 0.05) is 0 Å². The van der Waals surface area contributed by atoms with Crippen molar-refractivity contribution < 1.29 is 23.5 Å². The maximum atomic E-state index is 12.3. The Bertz CT molecular complexity index is 399. The largest absolute Gasteiger partial charge is 0.501 e. The van der Waals surface area contributed by atoms with E-state index in [0.717, 1.165) is 25.7 Å². The summed E-state index contributed by atoms with van der Waals surface area (Å²) in [7, 11) is -3.81. The van der Waals surface area contributed by atoms with Gasteiger partial charge in [-0.25, -0.2) is 9.82 Å². The second-order valence-electron chi connectivity index (χ2n) is 9.97. The molecule has 1 N–H and O–H groups in total. The molecule has 0 radical (unpaired) electrons. The topological polar surface area (TPSA) is 65.0 Å². The standard InChI is InChI=1S/C28H59O5P/c1-3-5-7-9-11-13-15-17-19-21-23-25-27-31-34(30,33-29)32-28-26-24-22-20-18-16-14-12-10-8-6-4-2/h29H,3-28H2,1-2H3. The van der Waals surface area contributed by atoms with E-state index in [0.29, 0.717) is 13.2 Å². The number of phosphoric acid groups is 1. The van der Waals surface area contributed by atoms with Gasteiger partial charge >= 0.3 is 7.82 Å². The van der Waals surface area contributed by atoms with Crippen LogP contribution in [0.25, 0.3) is 0 Å². The molecule has 0 bridgehead atoms. The fourth-order valence-electron chi connectivity index (χ4n) is 4.32. The van der Waals surface area contributed by atoms with E-state index in [4.69, 9.17) is 14.3 Å². The molecule has 0 aromatic heterocycles. The molecule has 0 unspecified atom stereocenters. The van der Waals surface area contributed by atoms with Gasteiger partial charge < -0.3 is 0 Å². The Morgan fingerprint density at radius 2 is 0.676 bits per heavy atom. The normalized spacial score (nSPS) is 12.0. The first-order valence-electron chi connectivity index (χ1n) is 14.9. The van der Waals surface area contributed by atoms with Crippen molar-refractivity contribution in [2.75, 3.05) is 13.2 Å². The van der Waals surface area contributed by atoms with E-state index < -0.39 is 7.82 Å². The van der Waals surface area contributed by atoms with Crippen molar-refractivity contribution in [3.8, 4) is 0 Å². The summed E-state index contributed by atoms with van der Waals surface area (Å²) in [6, 6.07) is 0. The van der Waals surface area contributed by atoms with Gasteiger partial charge in [0.25, 0.3) is 0 Å². The molecule has 0 saturated carbocycles. The van der Waals surface area contributed by atoms with Crippen molar-refractivity contribution in [2.24, 2.45) is 0 Å². The lowest BCUT2D eigenvalue weighted by Crippen LogP contribution is -2.01. The average molecular weight is 507 g/mol. The maximum Gasteiger partial charge on any atom is 0.501 e. The average Bonchev–Trinajstić information content (AvgIpc) is 2.85. The Morgan fingerprint density at radius 1 is 0.441 bits per heavy atom. The van der Waals surface area contributed by atoms with Gasteiger partial charge in [-0.1, -0.05) is 155 Å². The quantitative estimate of drug-likeness (QED) is 0.0473. The zero-order chi connectivity index (χ0) is 25.0. The molecule has 206 valence electrons. The minimum absolute atomic E-state index is 0.299. The Labute approximate surface area is 212 Å². The molecule has 6 heteroatoms. The van der Waals surface area contributed by atoms with Gasteiger partial charge in [-0.05, 0) is 12.8 Å². The van der Waals surface area contributed by atoms with Gasteiger partial charge in [-0.2, -0.15) is 0 Å².